The molecule has 10 heteroatoms. The lowest BCUT2D eigenvalue weighted by Crippen LogP contribution is -2.44. The van der Waals surface area contributed by atoms with E-state index in [0.29, 0.717) is 5.02 Å². The summed E-state index contributed by atoms with van der Waals surface area (Å²) in [6.07, 6.45) is 0. The molecule has 35 heavy (non-hydrogen) atoms. The fourth-order valence-electron chi connectivity index (χ4n) is 4.09. The van der Waals surface area contributed by atoms with Crippen molar-refractivity contribution >= 4 is 29.1 Å². The van der Waals surface area contributed by atoms with Crippen LogP contribution in [0.1, 0.15) is 27.4 Å². The first-order valence-corrected chi connectivity index (χ1v) is 10.7. The molecule has 6 nitrogen and oxygen atoms in total. The molecule has 0 spiro atoms. The van der Waals surface area contributed by atoms with E-state index in [1.54, 1.807) is 0 Å². The maximum Gasteiger partial charge on any atom is 0.251 e. The van der Waals surface area contributed by atoms with Crippen molar-refractivity contribution in [1.29, 1.82) is 5.26 Å². The van der Waals surface area contributed by atoms with E-state index < -0.39 is 46.8 Å². The number of halogens is 4. The molecule has 2 amide bonds. The number of nitrogens with zero attached hydrogens (tertiary/aromatic N) is 2. The van der Waals surface area contributed by atoms with E-state index in [2.05, 4.69) is 5.32 Å². The number of rotatable bonds is 5. The Hall–Kier alpha value is -4.03. The molecule has 0 bridgehead atoms. The number of hydrogen-bond acceptors (Lipinski definition) is 4. The maximum absolute atomic E-state index is 15.0. The standard InChI is InChI=1S/C25H17ClF3N3O3/c1-35-16-9-19(28)21(20(29)10-16)17-12-32(23-14(11-30)3-2-4-18(23)27)25(34)22(17)31-24(33)13-5-7-15(26)8-6-13/h2-10,17,22H,12H2,1H3,(H,31,33)/t17-,22-/m0/s1. The van der Waals surface area contributed by atoms with Crippen molar-refractivity contribution in [2.75, 3.05) is 18.6 Å². The van der Waals surface area contributed by atoms with Gasteiger partial charge in [-0.1, -0.05) is 17.7 Å². The molecule has 1 heterocycles. The van der Waals surface area contributed by atoms with E-state index in [4.69, 9.17) is 16.3 Å². The third-order valence-electron chi connectivity index (χ3n) is 5.74. The molecular formula is C25H17ClF3N3O3. The highest BCUT2D eigenvalue weighted by Crippen LogP contribution is 2.38. The van der Waals surface area contributed by atoms with Crippen molar-refractivity contribution in [3.05, 3.63) is 93.8 Å². The smallest absolute Gasteiger partial charge is 0.251 e. The van der Waals surface area contributed by atoms with Crippen LogP contribution in [0.3, 0.4) is 0 Å². The quantitative estimate of drug-likeness (QED) is 0.557. The first kappa shape index (κ1) is 24.1. The molecule has 4 rings (SSSR count). The number of hydrogen-bond donors (Lipinski definition) is 1. The molecular weight excluding hydrogens is 483 g/mol. The number of para-hydroxylation sites is 1. The molecule has 0 aromatic heterocycles. The van der Waals surface area contributed by atoms with Gasteiger partial charge >= 0.3 is 0 Å². The van der Waals surface area contributed by atoms with Crippen LogP contribution in [0.15, 0.2) is 54.6 Å². The molecule has 1 saturated heterocycles. The number of benzene rings is 3. The van der Waals surface area contributed by atoms with E-state index in [-0.39, 0.29) is 29.1 Å². The fraction of sp³-hybridized carbons (Fsp3) is 0.160. The largest absolute Gasteiger partial charge is 0.497 e. The van der Waals surface area contributed by atoms with Gasteiger partial charge in [-0.3, -0.25) is 9.59 Å². The van der Waals surface area contributed by atoms with Gasteiger partial charge in [0.1, 0.15) is 35.3 Å². The summed E-state index contributed by atoms with van der Waals surface area (Å²) in [5.41, 5.74) is -0.795. The van der Waals surface area contributed by atoms with Gasteiger partial charge in [0.25, 0.3) is 5.91 Å². The van der Waals surface area contributed by atoms with Gasteiger partial charge in [-0.2, -0.15) is 5.26 Å². The second kappa shape index (κ2) is 9.68. The van der Waals surface area contributed by atoms with Crippen LogP contribution in [0.4, 0.5) is 18.9 Å². The van der Waals surface area contributed by atoms with E-state index in [9.17, 15) is 19.2 Å². The van der Waals surface area contributed by atoms with Gasteiger partial charge in [0.05, 0.1) is 18.4 Å². The van der Waals surface area contributed by atoms with Crippen LogP contribution in [0, 0.1) is 28.8 Å². The molecule has 1 fully saturated rings. The van der Waals surface area contributed by atoms with Crippen LogP contribution < -0.4 is 15.0 Å². The zero-order valence-electron chi connectivity index (χ0n) is 18.2. The minimum absolute atomic E-state index is 0.0763. The Morgan fingerprint density at radius 2 is 1.77 bits per heavy atom. The Balaban J connectivity index is 1.80. The molecule has 1 aliphatic rings. The lowest BCUT2D eigenvalue weighted by molar-refractivity contribution is -0.118. The highest BCUT2D eigenvalue weighted by atomic mass is 35.5. The van der Waals surface area contributed by atoms with Crippen LogP contribution in [0.5, 0.6) is 5.75 Å². The number of carbonyl (C=O) groups is 2. The van der Waals surface area contributed by atoms with Gasteiger partial charge in [0.15, 0.2) is 0 Å². The summed E-state index contributed by atoms with van der Waals surface area (Å²) in [6, 6.07) is 11.7. The van der Waals surface area contributed by atoms with Crippen LogP contribution in [-0.2, 0) is 4.79 Å². The summed E-state index contributed by atoms with van der Waals surface area (Å²) in [4.78, 5) is 27.2. The summed E-state index contributed by atoms with van der Waals surface area (Å²) in [7, 11) is 1.24. The normalized spacial score (nSPS) is 17.3. The molecule has 2 atom stereocenters. The SMILES string of the molecule is COc1cc(F)c([C@@H]2CN(c3c(F)cccc3C#N)C(=O)[C@H]2NC(=O)c2ccc(Cl)cc2)c(F)c1. The predicted octanol–water partition coefficient (Wildman–Crippen LogP) is 4.57. The van der Waals surface area contributed by atoms with E-state index >= 15 is 8.78 Å². The lowest BCUT2D eigenvalue weighted by atomic mass is 9.92. The molecule has 3 aromatic carbocycles. The topological polar surface area (TPSA) is 82.4 Å². The third-order valence-corrected chi connectivity index (χ3v) is 5.99. The molecule has 0 unspecified atom stereocenters. The fourth-order valence-corrected chi connectivity index (χ4v) is 4.22. The number of nitrogens with one attached hydrogen (secondary N) is 1. The summed E-state index contributed by atoms with van der Waals surface area (Å²) >= 11 is 5.85. The average Bonchev–Trinajstić information content (AvgIpc) is 3.13. The van der Waals surface area contributed by atoms with Crippen LogP contribution in [0.25, 0.3) is 0 Å². The van der Waals surface area contributed by atoms with Crippen molar-refractivity contribution in [2.24, 2.45) is 0 Å². The zero-order chi connectivity index (χ0) is 25.3. The Bertz CT molecular complexity index is 1340. The van der Waals surface area contributed by atoms with Crippen molar-refractivity contribution in [3.8, 4) is 11.8 Å². The number of amides is 2. The Morgan fingerprint density at radius 1 is 1.11 bits per heavy atom. The summed E-state index contributed by atoms with van der Waals surface area (Å²) in [5, 5.41) is 12.3. The number of methoxy groups -OCH3 is 1. The average molecular weight is 500 g/mol. The monoisotopic (exact) mass is 499 g/mol. The Morgan fingerprint density at radius 3 is 2.37 bits per heavy atom. The summed E-state index contributed by atoms with van der Waals surface area (Å²) in [5.74, 6) is -5.70. The molecule has 0 saturated carbocycles. The molecule has 0 aliphatic carbocycles. The minimum Gasteiger partial charge on any atom is -0.497 e. The van der Waals surface area contributed by atoms with E-state index in [1.807, 2.05) is 6.07 Å². The number of nitriles is 1. The van der Waals surface area contributed by atoms with Crippen LogP contribution in [0.2, 0.25) is 5.02 Å². The van der Waals surface area contributed by atoms with Gasteiger partial charge in [-0.25, -0.2) is 13.2 Å². The first-order chi connectivity index (χ1) is 16.7. The summed E-state index contributed by atoms with van der Waals surface area (Å²) < 4.78 is 49.6. The zero-order valence-corrected chi connectivity index (χ0v) is 18.9. The highest BCUT2D eigenvalue weighted by molar-refractivity contribution is 6.30. The minimum atomic E-state index is -1.46. The third kappa shape index (κ3) is 4.53. The lowest BCUT2D eigenvalue weighted by Gasteiger charge is -2.20. The maximum atomic E-state index is 15.0. The van der Waals surface area contributed by atoms with E-state index in [0.717, 1.165) is 23.1 Å². The van der Waals surface area contributed by atoms with Gasteiger partial charge in [-0.05, 0) is 36.4 Å². The van der Waals surface area contributed by atoms with Gasteiger partial charge < -0.3 is 15.0 Å². The second-order valence-electron chi connectivity index (χ2n) is 7.77. The molecule has 0 radical (unpaired) electrons. The Kier molecular flexibility index (Phi) is 6.67. The van der Waals surface area contributed by atoms with Crippen LogP contribution >= 0.6 is 11.6 Å². The number of ether oxygens (including phenoxy) is 1. The van der Waals surface area contributed by atoms with Crippen LogP contribution in [-0.4, -0.2) is 31.5 Å². The predicted molar refractivity (Wildman–Crippen MR) is 122 cm³/mol. The van der Waals surface area contributed by atoms with Gasteiger partial charge in [0.2, 0.25) is 5.91 Å². The summed E-state index contributed by atoms with van der Waals surface area (Å²) in [6.45, 7) is -0.389. The molecule has 178 valence electrons. The molecule has 3 aromatic rings. The number of anilines is 1. The van der Waals surface area contributed by atoms with E-state index in [1.165, 1.54) is 43.5 Å². The Labute approximate surface area is 203 Å². The first-order valence-electron chi connectivity index (χ1n) is 10.3. The molecule has 1 N–H and O–H groups in total. The van der Waals surface area contributed by atoms with Gasteiger partial charge in [-0.15, -0.1) is 0 Å². The van der Waals surface area contributed by atoms with Crippen molar-refractivity contribution in [1.82, 2.24) is 5.32 Å². The highest BCUT2D eigenvalue weighted by Gasteiger charge is 2.46. The molecule has 1 aliphatic heterocycles. The van der Waals surface area contributed by atoms with Crippen molar-refractivity contribution in [3.63, 3.8) is 0 Å². The second-order valence-corrected chi connectivity index (χ2v) is 8.20. The van der Waals surface area contributed by atoms with Crippen molar-refractivity contribution < 1.29 is 27.5 Å². The number of carbonyl (C=O) groups excluding carboxylic acids is 2. The van der Waals surface area contributed by atoms with Gasteiger partial charge in [0, 0.05) is 40.7 Å². The van der Waals surface area contributed by atoms with Crippen molar-refractivity contribution in [2.45, 2.75) is 12.0 Å².